The van der Waals surface area contributed by atoms with Crippen molar-refractivity contribution in [1.29, 1.82) is 0 Å². The van der Waals surface area contributed by atoms with Crippen LogP contribution in [0.2, 0.25) is 5.02 Å². The van der Waals surface area contributed by atoms with Crippen LogP contribution in [0.25, 0.3) is 10.2 Å². The van der Waals surface area contributed by atoms with Crippen LogP contribution < -0.4 is 9.64 Å². The van der Waals surface area contributed by atoms with Gasteiger partial charge < -0.3 is 9.15 Å². The van der Waals surface area contributed by atoms with E-state index in [1.807, 2.05) is 24.3 Å². The second kappa shape index (κ2) is 7.42. The van der Waals surface area contributed by atoms with Gasteiger partial charge in [-0.2, -0.15) is 0 Å². The number of amides is 1. The monoisotopic (exact) mass is 398 g/mol. The molecule has 0 unspecified atom stereocenters. The fourth-order valence-corrected chi connectivity index (χ4v) is 3.92. The molecule has 5 nitrogen and oxygen atoms in total. The fourth-order valence-electron chi connectivity index (χ4n) is 2.75. The predicted molar refractivity (Wildman–Crippen MR) is 107 cm³/mol. The topological polar surface area (TPSA) is 55.6 Å². The Hall–Kier alpha value is -2.83. The maximum atomic E-state index is 13.2. The molecule has 0 saturated carbocycles. The first-order chi connectivity index (χ1) is 13.2. The highest BCUT2D eigenvalue weighted by Crippen LogP contribution is 2.35. The summed E-state index contributed by atoms with van der Waals surface area (Å²) in [6, 6.07) is 16.2. The molecular formula is C20H15ClN2O3S. The van der Waals surface area contributed by atoms with E-state index in [9.17, 15) is 4.79 Å². The molecule has 1 amide bonds. The van der Waals surface area contributed by atoms with Gasteiger partial charge in [0.1, 0.15) is 17.0 Å². The summed E-state index contributed by atoms with van der Waals surface area (Å²) in [5.74, 6) is 1.13. The molecule has 0 aliphatic heterocycles. The first-order valence-electron chi connectivity index (χ1n) is 8.19. The minimum atomic E-state index is -0.202. The maximum absolute atomic E-state index is 13.2. The van der Waals surface area contributed by atoms with Crippen molar-refractivity contribution in [2.75, 3.05) is 12.0 Å². The number of anilines is 1. The van der Waals surface area contributed by atoms with Crippen LogP contribution >= 0.6 is 22.9 Å². The number of fused-ring (bicyclic) bond motifs is 1. The van der Waals surface area contributed by atoms with Crippen LogP contribution in [0.1, 0.15) is 16.1 Å². The van der Waals surface area contributed by atoms with Gasteiger partial charge in [-0.3, -0.25) is 9.69 Å². The number of hydrogen-bond acceptors (Lipinski definition) is 5. The van der Waals surface area contributed by atoms with E-state index in [0.717, 1.165) is 10.2 Å². The van der Waals surface area contributed by atoms with Gasteiger partial charge in [0.15, 0.2) is 5.13 Å². The highest BCUT2D eigenvalue weighted by molar-refractivity contribution is 7.22. The van der Waals surface area contributed by atoms with Crippen molar-refractivity contribution in [2.45, 2.75) is 6.54 Å². The van der Waals surface area contributed by atoms with E-state index in [2.05, 4.69) is 4.98 Å². The minimum Gasteiger partial charge on any atom is -0.494 e. The van der Waals surface area contributed by atoms with Crippen LogP contribution in [0.15, 0.2) is 65.3 Å². The lowest BCUT2D eigenvalue weighted by molar-refractivity contribution is 0.0983. The lowest BCUT2D eigenvalue weighted by Gasteiger charge is -2.19. The molecule has 136 valence electrons. The number of ether oxygens (including phenoxy) is 1. The van der Waals surface area contributed by atoms with Gasteiger partial charge in [0.25, 0.3) is 5.91 Å². The molecule has 0 fully saturated rings. The third kappa shape index (κ3) is 3.54. The van der Waals surface area contributed by atoms with Crippen molar-refractivity contribution in [2.24, 2.45) is 0 Å². The lowest BCUT2D eigenvalue weighted by atomic mass is 10.2. The summed E-state index contributed by atoms with van der Waals surface area (Å²) in [7, 11) is 1.60. The molecule has 0 radical (unpaired) electrons. The summed E-state index contributed by atoms with van der Waals surface area (Å²) in [4.78, 5) is 19.5. The minimum absolute atomic E-state index is 0.202. The third-order valence-corrected chi connectivity index (χ3v) is 5.31. The molecule has 0 saturated heterocycles. The Kier molecular flexibility index (Phi) is 4.83. The molecular weight excluding hydrogens is 384 g/mol. The highest BCUT2D eigenvalue weighted by Gasteiger charge is 2.23. The smallest absolute Gasteiger partial charge is 0.260 e. The maximum Gasteiger partial charge on any atom is 0.260 e. The van der Waals surface area contributed by atoms with E-state index < -0.39 is 0 Å². The van der Waals surface area contributed by atoms with Crippen molar-refractivity contribution < 1.29 is 13.9 Å². The summed E-state index contributed by atoms with van der Waals surface area (Å²) < 4.78 is 11.8. The second-order valence-corrected chi connectivity index (χ2v) is 7.23. The zero-order valence-corrected chi connectivity index (χ0v) is 16.0. The Labute approximate surface area is 164 Å². The van der Waals surface area contributed by atoms with E-state index >= 15 is 0 Å². The molecule has 0 bridgehead atoms. The average Bonchev–Trinajstić information content (AvgIpc) is 3.34. The van der Waals surface area contributed by atoms with E-state index in [-0.39, 0.29) is 12.5 Å². The van der Waals surface area contributed by atoms with Gasteiger partial charge in [-0.1, -0.05) is 35.1 Å². The number of carbonyl (C=O) groups is 1. The highest BCUT2D eigenvalue weighted by atomic mass is 35.5. The predicted octanol–water partition coefficient (Wildman–Crippen LogP) is 5.40. The summed E-state index contributed by atoms with van der Waals surface area (Å²) in [5.41, 5.74) is 1.21. The van der Waals surface area contributed by atoms with Crippen LogP contribution in [-0.2, 0) is 6.54 Å². The Morgan fingerprint density at radius 3 is 2.81 bits per heavy atom. The van der Waals surface area contributed by atoms with Crippen LogP contribution in [0.4, 0.5) is 5.13 Å². The second-order valence-electron chi connectivity index (χ2n) is 5.78. The Bertz CT molecular complexity index is 1090. The third-order valence-electron chi connectivity index (χ3n) is 4.03. The van der Waals surface area contributed by atoms with E-state index in [1.54, 1.807) is 48.6 Å². The van der Waals surface area contributed by atoms with E-state index in [1.165, 1.54) is 11.3 Å². The molecule has 0 aliphatic carbocycles. The molecule has 0 atom stereocenters. The van der Waals surface area contributed by atoms with Crippen molar-refractivity contribution in [3.63, 3.8) is 0 Å². The molecule has 4 aromatic rings. The number of halogens is 1. The number of hydrogen-bond donors (Lipinski definition) is 0. The van der Waals surface area contributed by atoms with Gasteiger partial charge in [-0.25, -0.2) is 4.98 Å². The number of carbonyl (C=O) groups excluding carboxylic acids is 1. The largest absolute Gasteiger partial charge is 0.494 e. The van der Waals surface area contributed by atoms with E-state index in [0.29, 0.717) is 27.2 Å². The molecule has 0 spiro atoms. The molecule has 7 heteroatoms. The number of rotatable bonds is 5. The molecule has 27 heavy (non-hydrogen) atoms. The zero-order valence-electron chi connectivity index (χ0n) is 14.4. The lowest BCUT2D eigenvalue weighted by Crippen LogP contribution is -2.30. The average molecular weight is 399 g/mol. The van der Waals surface area contributed by atoms with Crippen molar-refractivity contribution in [3.05, 3.63) is 77.2 Å². The van der Waals surface area contributed by atoms with Gasteiger partial charge in [-0.15, -0.1) is 0 Å². The zero-order chi connectivity index (χ0) is 18.8. The Morgan fingerprint density at radius 2 is 2.07 bits per heavy atom. The number of furan rings is 1. The fraction of sp³-hybridized carbons (Fsp3) is 0.100. The van der Waals surface area contributed by atoms with Gasteiger partial charge in [0.05, 0.1) is 24.6 Å². The normalized spacial score (nSPS) is 10.9. The van der Waals surface area contributed by atoms with Crippen LogP contribution in [-0.4, -0.2) is 18.0 Å². The number of methoxy groups -OCH3 is 1. The number of benzene rings is 2. The molecule has 2 heterocycles. The summed E-state index contributed by atoms with van der Waals surface area (Å²) in [6.07, 6.45) is 1.58. The Balaban J connectivity index is 1.79. The number of aromatic nitrogens is 1. The van der Waals surface area contributed by atoms with Crippen LogP contribution in [0.3, 0.4) is 0 Å². The summed E-state index contributed by atoms with van der Waals surface area (Å²) in [5, 5.41) is 1.07. The molecule has 2 aromatic carbocycles. The van der Waals surface area contributed by atoms with E-state index in [4.69, 9.17) is 20.8 Å². The molecule has 0 N–H and O–H groups in total. The molecule has 4 rings (SSSR count). The standard InChI is InChI=1S/C20H15ClN2O3S/c1-25-16-8-3-9-17-18(16)22-20(27-17)23(12-15-7-4-10-26-15)19(24)13-5-2-6-14(21)11-13/h2-11H,12H2,1H3. The summed E-state index contributed by atoms with van der Waals surface area (Å²) in [6.45, 7) is 0.264. The van der Waals surface area contributed by atoms with Crippen LogP contribution in [0, 0.1) is 0 Å². The number of para-hydroxylation sites is 1. The quantitative estimate of drug-likeness (QED) is 0.451. The van der Waals surface area contributed by atoms with Gasteiger partial charge in [0.2, 0.25) is 0 Å². The first-order valence-corrected chi connectivity index (χ1v) is 9.38. The molecule has 2 aromatic heterocycles. The van der Waals surface area contributed by atoms with Crippen molar-refractivity contribution >= 4 is 44.2 Å². The van der Waals surface area contributed by atoms with Gasteiger partial charge in [0, 0.05) is 10.6 Å². The van der Waals surface area contributed by atoms with Crippen LogP contribution in [0.5, 0.6) is 5.75 Å². The number of thiazole rings is 1. The molecule has 0 aliphatic rings. The van der Waals surface area contributed by atoms with Crippen molar-refractivity contribution in [3.8, 4) is 5.75 Å². The van der Waals surface area contributed by atoms with Gasteiger partial charge >= 0.3 is 0 Å². The van der Waals surface area contributed by atoms with Crippen molar-refractivity contribution in [1.82, 2.24) is 4.98 Å². The first kappa shape index (κ1) is 17.6. The summed E-state index contributed by atoms with van der Waals surface area (Å²) >= 11 is 7.49. The Morgan fingerprint density at radius 1 is 1.22 bits per heavy atom. The van der Waals surface area contributed by atoms with Gasteiger partial charge in [-0.05, 0) is 42.5 Å². The number of nitrogens with zero attached hydrogens (tertiary/aromatic N) is 2. The SMILES string of the molecule is COc1cccc2sc(N(Cc3ccco3)C(=O)c3cccc(Cl)c3)nc12.